The smallest absolute Gasteiger partial charge is 0.155 e. The average Bonchev–Trinajstić information content (AvgIpc) is 2.15. The minimum absolute atomic E-state index is 0.386. The lowest BCUT2D eigenvalue weighted by Crippen LogP contribution is -2.14. The highest BCUT2D eigenvalue weighted by molar-refractivity contribution is 5.91. The number of allylic oxidation sites excluding steroid dienone is 2. The molecule has 0 aliphatic heterocycles. The molecule has 2 aliphatic rings. The van der Waals surface area contributed by atoms with Gasteiger partial charge in [-0.3, -0.25) is 4.79 Å². The molecule has 0 aromatic heterocycles. The maximum Gasteiger partial charge on any atom is 0.155 e. The van der Waals surface area contributed by atoms with Gasteiger partial charge in [-0.1, -0.05) is 31.3 Å². The maximum atomic E-state index is 11.5. The van der Waals surface area contributed by atoms with Crippen LogP contribution in [0.4, 0.5) is 0 Å². The van der Waals surface area contributed by atoms with Gasteiger partial charge in [0.15, 0.2) is 5.78 Å². The zero-order valence-corrected chi connectivity index (χ0v) is 8.93. The van der Waals surface area contributed by atoms with Gasteiger partial charge in [-0.2, -0.15) is 0 Å². The zero-order chi connectivity index (χ0) is 9.80. The van der Waals surface area contributed by atoms with Crippen molar-refractivity contribution in [1.82, 2.24) is 0 Å². The lowest BCUT2D eigenvalue weighted by atomic mass is 9.82. The van der Waals surface area contributed by atoms with E-state index < -0.39 is 0 Å². The summed E-state index contributed by atoms with van der Waals surface area (Å²) in [5.41, 5.74) is 1.44. The van der Waals surface area contributed by atoms with E-state index in [1.54, 1.807) is 0 Å². The van der Waals surface area contributed by atoms with Gasteiger partial charge in [-0.25, -0.2) is 0 Å². The van der Waals surface area contributed by atoms with Gasteiger partial charge in [-0.05, 0) is 37.7 Å². The van der Waals surface area contributed by atoms with Crippen molar-refractivity contribution in [2.24, 2.45) is 5.92 Å². The van der Waals surface area contributed by atoms with Gasteiger partial charge in [0.25, 0.3) is 0 Å². The van der Waals surface area contributed by atoms with Crippen LogP contribution in [0.15, 0.2) is 11.6 Å². The van der Waals surface area contributed by atoms with E-state index in [1.165, 1.54) is 56.9 Å². The molecule has 1 saturated carbocycles. The zero-order valence-electron chi connectivity index (χ0n) is 8.93. The molecule has 0 amide bonds. The van der Waals surface area contributed by atoms with Gasteiger partial charge in [-0.15, -0.1) is 0 Å². The molecule has 0 saturated heterocycles. The first-order valence-corrected chi connectivity index (χ1v) is 6.07. The predicted octanol–water partition coefficient (Wildman–Crippen LogP) is 3.64. The highest BCUT2D eigenvalue weighted by atomic mass is 16.1. The Morgan fingerprint density at radius 2 is 1.79 bits per heavy atom. The molecule has 78 valence electrons. The van der Waals surface area contributed by atoms with E-state index >= 15 is 0 Å². The van der Waals surface area contributed by atoms with Gasteiger partial charge in [0.2, 0.25) is 0 Å². The summed E-state index contributed by atoms with van der Waals surface area (Å²) < 4.78 is 0. The van der Waals surface area contributed by atoms with E-state index in [9.17, 15) is 4.79 Å². The second-order valence-electron chi connectivity index (χ2n) is 4.85. The Morgan fingerprint density at radius 1 is 1.00 bits per heavy atom. The molecule has 14 heavy (non-hydrogen) atoms. The van der Waals surface area contributed by atoms with Crippen LogP contribution in [-0.4, -0.2) is 5.78 Å². The topological polar surface area (TPSA) is 17.1 Å². The molecule has 0 N–H and O–H groups in total. The molecule has 1 fully saturated rings. The summed E-state index contributed by atoms with van der Waals surface area (Å²) in [5.74, 6) is 1.07. The number of carbonyl (C=O) groups excluding carboxylic acids is 1. The molecule has 1 nitrogen and oxygen atoms in total. The summed E-state index contributed by atoms with van der Waals surface area (Å²) in [5, 5.41) is 0. The first-order valence-electron chi connectivity index (χ1n) is 6.07. The largest absolute Gasteiger partial charge is 0.295 e. The Bertz CT molecular complexity index is 240. The fraction of sp³-hybridized carbons (Fsp3) is 0.769. The maximum absolute atomic E-state index is 11.5. The van der Waals surface area contributed by atoms with Crippen molar-refractivity contribution in [3.8, 4) is 0 Å². The molecule has 0 aromatic carbocycles. The van der Waals surface area contributed by atoms with Gasteiger partial charge < -0.3 is 0 Å². The second kappa shape index (κ2) is 4.77. The molecule has 2 bridgehead atoms. The molecule has 2 rings (SSSR count). The van der Waals surface area contributed by atoms with E-state index in [4.69, 9.17) is 0 Å². The lowest BCUT2D eigenvalue weighted by molar-refractivity contribution is -0.116. The first-order chi connectivity index (χ1) is 6.84. The van der Waals surface area contributed by atoms with Crippen molar-refractivity contribution in [3.05, 3.63) is 11.6 Å². The number of hydrogen-bond acceptors (Lipinski definition) is 1. The van der Waals surface area contributed by atoms with Gasteiger partial charge in [0, 0.05) is 6.42 Å². The van der Waals surface area contributed by atoms with Crippen LogP contribution >= 0.6 is 0 Å². The fourth-order valence-corrected chi connectivity index (χ4v) is 2.77. The number of carbonyl (C=O) groups is 1. The summed E-state index contributed by atoms with van der Waals surface area (Å²) >= 11 is 0. The van der Waals surface area contributed by atoms with Crippen LogP contribution in [0.3, 0.4) is 0 Å². The monoisotopic (exact) mass is 192 g/mol. The Morgan fingerprint density at radius 3 is 2.71 bits per heavy atom. The Hall–Kier alpha value is -0.590. The van der Waals surface area contributed by atoms with E-state index in [0.29, 0.717) is 11.7 Å². The fourth-order valence-electron chi connectivity index (χ4n) is 2.77. The van der Waals surface area contributed by atoms with Crippen molar-refractivity contribution in [2.75, 3.05) is 0 Å². The highest BCUT2D eigenvalue weighted by Crippen LogP contribution is 2.30. The molecule has 0 radical (unpaired) electrons. The third-order valence-electron chi connectivity index (χ3n) is 3.52. The SMILES string of the molecule is O=C1C=C2CCCCCCC[C@H](C1)C2. The minimum Gasteiger partial charge on any atom is -0.295 e. The van der Waals surface area contributed by atoms with E-state index in [1.807, 2.05) is 6.08 Å². The Labute approximate surface area is 86.6 Å². The molecule has 1 atom stereocenters. The van der Waals surface area contributed by atoms with Crippen molar-refractivity contribution in [2.45, 2.75) is 57.8 Å². The molecule has 2 aliphatic carbocycles. The number of rotatable bonds is 0. The standard InChI is InChI=1S/C13H20O/c14-13-9-11-6-4-2-1-3-5-7-12(8-11)10-13/h9,12H,1-8,10H2/t12-/m0/s1. The second-order valence-corrected chi connectivity index (χ2v) is 4.85. The quantitative estimate of drug-likeness (QED) is 0.572. The van der Waals surface area contributed by atoms with Crippen LogP contribution in [0.2, 0.25) is 0 Å². The van der Waals surface area contributed by atoms with Gasteiger partial charge >= 0.3 is 0 Å². The molecule has 1 heteroatoms. The van der Waals surface area contributed by atoms with E-state index in [-0.39, 0.29) is 0 Å². The van der Waals surface area contributed by atoms with Crippen molar-refractivity contribution in [3.63, 3.8) is 0 Å². The van der Waals surface area contributed by atoms with Crippen LogP contribution in [-0.2, 0) is 4.79 Å². The highest BCUT2D eigenvalue weighted by Gasteiger charge is 2.20. The minimum atomic E-state index is 0.386. The van der Waals surface area contributed by atoms with Crippen LogP contribution < -0.4 is 0 Å². The number of hydrogen-bond donors (Lipinski definition) is 0. The lowest BCUT2D eigenvalue weighted by Gasteiger charge is -2.23. The summed E-state index contributed by atoms with van der Waals surface area (Å²) in [6, 6.07) is 0. The molecular formula is C13H20O. The Balaban J connectivity index is 2.01. The van der Waals surface area contributed by atoms with Gasteiger partial charge in [0.1, 0.15) is 0 Å². The van der Waals surface area contributed by atoms with Gasteiger partial charge in [0.05, 0.1) is 0 Å². The summed E-state index contributed by atoms with van der Waals surface area (Å²) in [7, 11) is 0. The first kappa shape index (κ1) is 9.95. The summed E-state index contributed by atoms with van der Waals surface area (Å²) in [4.78, 5) is 11.5. The Kier molecular flexibility index (Phi) is 3.39. The number of ketones is 1. The van der Waals surface area contributed by atoms with Crippen LogP contribution in [0.1, 0.15) is 57.8 Å². The number of fused-ring (bicyclic) bond motifs is 2. The molecule has 0 heterocycles. The average molecular weight is 192 g/mol. The summed E-state index contributed by atoms with van der Waals surface area (Å²) in [6.45, 7) is 0. The van der Waals surface area contributed by atoms with Crippen molar-refractivity contribution >= 4 is 5.78 Å². The van der Waals surface area contributed by atoms with Crippen LogP contribution in [0.5, 0.6) is 0 Å². The molecular weight excluding hydrogens is 172 g/mol. The van der Waals surface area contributed by atoms with Crippen LogP contribution in [0.25, 0.3) is 0 Å². The third-order valence-corrected chi connectivity index (χ3v) is 3.52. The summed E-state index contributed by atoms with van der Waals surface area (Å²) in [6.07, 6.45) is 13.2. The van der Waals surface area contributed by atoms with Crippen LogP contribution in [0, 0.1) is 5.92 Å². The predicted molar refractivity (Wildman–Crippen MR) is 58.1 cm³/mol. The van der Waals surface area contributed by atoms with E-state index in [2.05, 4.69) is 0 Å². The molecule has 0 aromatic rings. The van der Waals surface area contributed by atoms with Crippen molar-refractivity contribution in [1.29, 1.82) is 0 Å². The molecule has 0 unspecified atom stereocenters. The van der Waals surface area contributed by atoms with E-state index in [0.717, 1.165) is 6.42 Å². The third kappa shape index (κ3) is 2.70. The van der Waals surface area contributed by atoms with Crippen molar-refractivity contribution < 1.29 is 4.79 Å². The molecule has 0 spiro atoms. The normalized spacial score (nSPS) is 29.6.